The molecule has 1 aromatic heterocycles. The van der Waals surface area contributed by atoms with E-state index in [2.05, 4.69) is 102 Å². The molecule has 0 aliphatic carbocycles. The molecule has 0 unspecified atom stereocenters. The molecule has 2 nitrogen and oxygen atoms in total. The standard InChI is InChI=1S/C19H27GeN2Si2/c1-23(2,3)19(17-14-10-11-15-21-17)18(22(20)24(4,5)6)16-12-8-7-9-13-16/h7-15H,1-6H3/b19-18-. The number of benzene rings is 1. The molecule has 24 heavy (non-hydrogen) atoms. The normalized spacial score (nSPS) is 13.5. The predicted molar refractivity (Wildman–Crippen MR) is 112 cm³/mol. The zero-order valence-electron chi connectivity index (χ0n) is 15.6. The van der Waals surface area contributed by atoms with Gasteiger partial charge in [0.1, 0.15) is 0 Å². The van der Waals surface area contributed by atoms with Gasteiger partial charge in [0, 0.05) is 0 Å². The van der Waals surface area contributed by atoms with Crippen LogP contribution in [0.3, 0.4) is 0 Å². The van der Waals surface area contributed by atoms with Crippen LogP contribution < -0.4 is 0 Å². The van der Waals surface area contributed by atoms with Crippen LogP contribution in [0.5, 0.6) is 0 Å². The summed E-state index contributed by atoms with van der Waals surface area (Å²) in [6.07, 6.45) is 1.91. The fourth-order valence-electron chi connectivity index (χ4n) is 2.69. The van der Waals surface area contributed by atoms with Crippen LogP contribution in [0.4, 0.5) is 0 Å². The first kappa shape index (κ1) is 19.2. The minimum atomic E-state index is -1.62. The summed E-state index contributed by atoms with van der Waals surface area (Å²) >= 11 is 2.26. The van der Waals surface area contributed by atoms with E-state index in [1.165, 1.54) is 16.5 Å². The van der Waals surface area contributed by atoms with Gasteiger partial charge < -0.3 is 0 Å². The average molecular weight is 412 g/mol. The Hall–Kier alpha value is -1.11. The molecule has 0 fully saturated rings. The second-order valence-electron chi connectivity index (χ2n) is 8.06. The van der Waals surface area contributed by atoms with Gasteiger partial charge in [-0.2, -0.15) is 0 Å². The second kappa shape index (κ2) is 7.41. The summed E-state index contributed by atoms with van der Waals surface area (Å²) in [6, 6.07) is 17.1. The first-order valence-electron chi connectivity index (χ1n) is 8.35. The number of hydrogen-bond acceptors (Lipinski definition) is 2. The molecule has 2 aromatic rings. The molecule has 3 radical (unpaired) electrons. The van der Waals surface area contributed by atoms with Crippen LogP contribution in [0.2, 0.25) is 39.3 Å². The van der Waals surface area contributed by atoms with E-state index >= 15 is 0 Å². The molecule has 0 spiro atoms. The first-order chi connectivity index (χ1) is 11.1. The molecule has 0 aliphatic heterocycles. The molecule has 1 heterocycles. The van der Waals surface area contributed by atoms with Crippen molar-refractivity contribution in [2.24, 2.45) is 0 Å². The van der Waals surface area contributed by atoms with Gasteiger partial charge in [-0.15, -0.1) is 0 Å². The molecule has 125 valence electrons. The zero-order valence-corrected chi connectivity index (χ0v) is 19.7. The van der Waals surface area contributed by atoms with Crippen LogP contribution in [-0.2, 0) is 0 Å². The van der Waals surface area contributed by atoms with Crippen molar-refractivity contribution in [2.75, 3.05) is 0 Å². The van der Waals surface area contributed by atoms with Gasteiger partial charge in [-0.05, 0) is 0 Å². The summed E-state index contributed by atoms with van der Waals surface area (Å²) in [4.78, 5) is 4.72. The predicted octanol–water partition coefficient (Wildman–Crippen LogP) is 5.05. The topological polar surface area (TPSA) is 16.1 Å². The summed E-state index contributed by atoms with van der Waals surface area (Å²) in [5, 5.41) is 1.44. The van der Waals surface area contributed by atoms with Gasteiger partial charge in [-0.25, -0.2) is 0 Å². The first-order valence-corrected chi connectivity index (χ1v) is 16.2. The van der Waals surface area contributed by atoms with E-state index < -0.39 is 16.3 Å². The Labute approximate surface area is 157 Å². The molecule has 0 N–H and O–H groups in total. The van der Waals surface area contributed by atoms with E-state index in [4.69, 9.17) is 4.98 Å². The van der Waals surface area contributed by atoms with Crippen LogP contribution in [0.1, 0.15) is 11.3 Å². The van der Waals surface area contributed by atoms with E-state index in [0.717, 1.165) is 5.69 Å². The molecule has 5 heteroatoms. The van der Waals surface area contributed by atoms with Crippen molar-refractivity contribution in [1.82, 2.24) is 8.51 Å². The second-order valence-corrected chi connectivity index (χ2v) is 19.7. The van der Waals surface area contributed by atoms with Gasteiger partial charge in [0.2, 0.25) is 0 Å². The molecule has 2 rings (SSSR count). The summed E-state index contributed by atoms with van der Waals surface area (Å²) in [7, 11) is -3.13. The Morgan fingerprint density at radius 2 is 1.46 bits per heavy atom. The molecular formula is C19H27GeN2Si2. The Kier molecular flexibility index (Phi) is 5.94. The van der Waals surface area contributed by atoms with E-state index in [0.29, 0.717) is 0 Å². The number of pyridine rings is 1. The Morgan fingerprint density at radius 3 is 1.92 bits per heavy atom. The summed E-state index contributed by atoms with van der Waals surface area (Å²) < 4.78 is 2.55. The minimum absolute atomic E-state index is 1.13. The van der Waals surface area contributed by atoms with Crippen LogP contribution in [0.25, 0.3) is 10.9 Å². The Morgan fingerprint density at radius 1 is 0.875 bits per heavy atom. The SMILES string of the molecule is C[Si](C)(C)/C(=C(/c1ccccc1)[N]([Ge])[Si](C)(C)C)c1ccccn1. The molecule has 0 atom stereocenters. The van der Waals surface area contributed by atoms with Crippen LogP contribution in [0, 0.1) is 0 Å². The summed E-state index contributed by atoms with van der Waals surface area (Å²) in [5.74, 6) is 0. The molecule has 0 amide bonds. The van der Waals surface area contributed by atoms with E-state index in [1.807, 2.05) is 12.3 Å². The fraction of sp³-hybridized carbons (Fsp3) is 0.316. The van der Waals surface area contributed by atoms with Crippen LogP contribution >= 0.6 is 0 Å². The van der Waals surface area contributed by atoms with Crippen molar-refractivity contribution in [3.8, 4) is 0 Å². The van der Waals surface area contributed by atoms with E-state index in [-0.39, 0.29) is 0 Å². The quantitative estimate of drug-likeness (QED) is 0.640. The van der Waals surface area contributed by atoms with Gasteiger partial charge in [0.15, 0.2) is 0 Å². The third kappa shape index (κ3) is 4.49. The van der Waals surface area contributed by atoms with Crippen molar-refractivity contribution >= 4 is 43.9 Å². The number of aromatic nitrogens is 1. The average Bonchev–Trinajstić information content (AvgIpc) is 2.51. The van der Waals surface area contributed by atoms with E-state index in [9.17, 15) is 0 Å². The van der Waals surface area contributed by atoms with Crippen LogP contribution in [-0.4, -0.2) is 41.6 Å². The molecule has 0 saturated heterocycles. The molecule has 0 bridgehead atoms. The van der Waals surface area contributed by atoms with E-state index in [1.54, 1.807) is 0 Å². The van der Waals surface area contributed by atoms with Crippen molar-refractivity contribution in [3.63, 3.8) is 0 Å². The van der Waals surface area contributed by atoms with Crippen molar-refractivity contribution in [1.29, 1.82) is 0 Å². The van der Waals surface area contributed by atoms with Gasteiger partial charge in [-0.3, -0.25) is 0 Å². The Bertz CT molecular complexity index is 702. The van der Waals surface area contributed by atoms with Crippen LogP contribution in [0.15, 0.2) is 54.7 Å². The maximum absolute atomic E-state index is 4.72. The summed E-state index contributed by atoms with van der Waals surface area (Å²) in [6.45, 7) is 14.4. The number of nitrogens with zero attached hydrogens (tertiary/aromatic N) is 2. The monoisotopic (exact) mass is 413 g/mol. The van der Waals surface area contributed by atoms with Gasteiger partial charge in [-0.1, -0.05) is 0 Å². The number of hydrogen-bond donors (Lipinski definition) is 0. The zero-order chi connectivity index (χ0) is 18.0. The maximum atomic E-state index is 4.72. The molecule has 0 saturated carbocycles. The van der Waals surface area contributed by atoms with Gasteiger partial charge in [0.05, 0.1) is 0 Å². The molecule has 0 aliphatic rings. The van der Waals surface area contributed by atoms with Crippen molar-refractivity contribution < 1.29 is 0 Å². The summed E-state index contributed by atoms with van der Waals surface area (Å²) in [5.41, 5.74) is 3.79. The Balaban J connectivity index is 2.84. The third-order valence-corrected chi connectivity index (χ3v) is 12.1. The molecular weight excluding hydrogens is 385 g/mol. The van der Waals surface area contributed by atoms with Gasteiger partial charge >= 0.3 is 158 Å². The number of rotatable bonds is 5. The third-order valence-electron chi connectivity index (χ3n) is 3.85. The van der Waals surface area contributed by atoms with Crippen molar-refractivity contribution in [2.45, 2.75) is 39.3 Å². The van der Waals surface area contributed by atoms with Crippen molar-refractivity contribution in [3.05, 3.63) is 66.0 Å². The molecule has 1 aromatic carbocycles. The fourth-order valence-corrected chi connectivity index (χ4v) is 6.33. The van der Waals surface area contributed by atoms with Gasteiger partial charge in [0.25, 0.3) is 0 Å².